The van der Waals surface area contributed by atoms with E-state index in [4.69, 9.17) is 0 Å². The summed E-state index contributed by atoms with van der Waals surface area (Å²) in [7, 11) is -4.09. The fraction of sp³-hybridized carbons (Fsp3) is 0.833. The number of hydrogen-bond acceptors (Lipinski definition) is 6. The molecule has 27 heavy (non-hydrogen) atoms. The third-order valence-corrected chi connectivity index (χ3v) is 4.80. The molecule has 0 rings (SSSR count). The van der Waals surface area contributed by atoms with Crippen LogP contribution in [0, 0.1) is 0 Å². The van der Waals surface area contributed by atoms with Crippen molar-refractivity contribution in [1.82, 2.24) is 0 Å². The van der Waals surface area contributed by atoms with Crippen molar-refractivity contribution in [3.8, 4) is 0 Å². The van der Waals surface area contributed by atoms with Crippen molar-refractivity contribution in [2.45, 2.75) is 89.6 Å². The third kappa shape index (κ3) is 29.4. The van der Waals surface area contributed by atoms with Gasteiger partial charge in [0, 0.05) is 11.7 Å². The van der Waals surface area contributed by atoms with E-state index >= 15 is 0 Å². The van der Waals surface area contributed by atoms with E-state index in [-0.39, 0.29) is 77.4 Å². The number of aliphatic carboxylic acids is 1. The molecule has 0 bridgehead atoms. The molecule has 0 aromatic carbocycles. The quantitative estimate of drug-likeness (QED) is 0.112. The van der Waals surface area contributed by atoms with Crippen LogP contribution >= 0.6 is 0 Å². The molecular formula is C18H32Na2O6S. The molecule has 148 valence electrons. The molecule has 0 heterocycles. The number of hydrogen-bond donors (Lipinski definition) is 1. The predicted octanol–water partition coefficient (Wildman–Crippen LogP) is -3.72. The molecule has 1 atom stereocenters. The van der Waals surface area contributed by atoms with E-state index in [2.05, 4.69) is 6.08 Å². The first-order valence-electron chi connectivity index (χ1n) is 9.28. The molecule has 9 heteroatoms. The number of carbonyl (C=O) groups excluding carboxylic acids is 1. The van der Waals surface area contributed by atoms with Gasteiger partial charge in [0.1, 0.15) is 0 Å². The summed E-state index contributed by atoms with van der Waals surface area (Å²) < 4.78 is 31.3. The Morgan fingerprint density at radius 2 is 1.44 bits per heavy atom. The summed E-state index contributed by atoms with van der Waals surface area (Å²) in [4.78, 5) is 10.2. The second-order valence-corrected chi connectivity index (χ2v) is 8.03. The maximum absolute atomic E-state index is 10.4. The Bertz CT molecular complexity index is 468. The number of unbranched alkanes of at least 4 members (excludes halogenated alkanes) is 8. The standard InChI is InChI=1S/C18H34O6S.2Na/c19-17(14-10-7-8-12-16-25(22,23)24)13-9-5-3-1-2-4-6-11-15-18(20)21;;/h5,9,17,19H,1-4,6-8,10-16H2,(H,20,21)(H,22,23,24);;/q;2*+1/p-2. The van der Waals surface area contributed by atoms with Gasteiger partial charge in [0.2, 0.25) is 0 Å². The summed E-state index contributed by atoms with van der Waals surface area (Å²) in [6.45, 7) is 0. The van der Waals surface area contributed by atoms with Gasteiger partial charge in [-0.3, -0.25) is 0 Å². The minimum atomic E-state index is -4.09. The van der Waals surface area contributed by atoms with E-state index in [1.807, 2.05) is 6.08 Å². The Morgan fingerprint density at radius 3 is 2.07 bits per heavy atom. The summed E-state index contributed by atoms with van der Waals surface area (Å²) >= 11 is 0. The molecule has 1 unspecified atom stereocenters. The van der Waals surface area contributed by atoms with Crippen molar-refractivity contribution in [2.24, 2.45) is 0 Å². The van der Waals surface area contributed by atoms with Crippen LogP contribution in [0.5, 0.6) is 0 Å². The predicted molar refractivity (Wildman–Crippen MR) is 94.7 cm³/mol. The van der Waals surface area contributed by atoms with E-state index < -0.39 is 16.1 Å². The minimum Gasteiger partial charge on any atom is -0.748 e. The molecule has 0 aromatic heterocycles. The van der Waals surface area contributed by atoms with E-state index in [1.165, 1.54) is 0 Å². The number of aliphatic hydroxyl groups excluding tert-OH is 1. The van der Waals surface area contributed by atoms with Gasteiger partial charge in [-0.05, 0) is 44.9 Å². The van der Waals surface area contributed by atoms with Gasteiger partial charge in [0.25, 0.3) is 0 Å². The topological polar surface area (TPSA) is 118 Å². The molecule has 0 radical (unpaired) electrons. The molecule has 0 spiro atoms. The first-order valence-corrected chi connectivity index (χ1v) is 10.9. The minimum absolute atomic E-state index is 0. The Hall–Kier alpha value is 1.08. The van der Waals surface area contributed by atoms with Crippen molar-refractivity contribution in [3.05, 3.63) is 12.2 Å². The first kappa shape index (κ1) is 32.7. The van der Waals surface area contributed by atoms with Crippen molar-refractivity contribution in [3.63, 3.8) is 0 Å². The molecule has 0 fully saturated rings. The van der Waals surface area contributed by atoms with Gasteiger partial charge in [-0.1, -0.05) is 50.7 Å². The molecule has 0 aromatic rings. The maximum Gasteiger partial charge on any atom is 1.00 e. The first-order chi connectivity index (χ1) is 11.8. The Balaban J connectivity index is -0.00000288. The summed E-state index contributed by atoms with van der Waals surface area (Å²) in [6.07, 6.45) is 13.7. The summed E-state index contributed by atoms with van der Waals surface area (Å²) in [6, 6.07) is 0. The van der Waals surface area contributed by atoms with Gasteiger partial charge in [0.05, 0.1) is 16.2 Å². The number of allylic oxidation sites excluding steroid dienone is 1. The number of aliphatic hydroxyl groups is 1. The normalized spacial score (nSPS) is 12.4. The average molecular weight is 422 g/mol. The van der Waals surface area contributed by atoms with Crippen LogP contribution in [0.1, 0.15) is 83.5 Å². The average Bonchev–Trinajstić information content (AvgIpc) is 2.51. The molecule has 6 nitrogen and oxygen atoms in total. The third-order valence-electron chi connectivity index (χ3n) is 4.01. The van der Waals surface area contributed by atoms with Crippen LogP contribution in [0.4, 0.5) is 0 Å². The van der Waals surface area contributed by atoms with Gasteiger partial charge < -0.3 is 19.6 Å². The molecule has 0 aliphatic rings. The Labute approximate surface area is 208 Å². The smallest absolute Gasteiger partial charge is 0.748 e. The second-order valence-electron chi connectivity index (χ2n) is 6.50. The van der Waals surface area contributed by atoms with E-state index in [1.54, 1.807) is 0 Å². The molecule has 0 saturated heterocycles. The van der Waals surface area contributed by atoms with E-state index in [0.29, 0.717) is 32.1 Å². The monoisotopic (exact) mass is 422 g/mol. The molecule has 1 N–H and O–H groups in total. The van der Waals surface area contributed by atoms with Gasteiger partial charge >= 0.3 is 59.1 Å². The largest absolute Gasteiger partial charge is 1.00 e. The van der Waals surface area contributed by atoms with Crippen LogP contribution in [0.25, 0.3) is 0 Å². The van der Waals surface area contributed by atoms with Crippen LogP contribution in [-0.2, 0) is 14.9 Å². The van der Waals surface area contributed by atoms with Crippen molar-refractivity contribution in [1.29, 1.82) is 0 Å². The van der Waals surface area contributed by atoms with Crippen LogP contribution in [0.2, 0.25) is 0 Å². The van der Waals surface area contributed by atoms with Gasteiger partial charge in [0.15, 0.2) is 0 Å². The SMILES string of the molecule is O=C([O-])CCCCCCCC=CCC(O)CCCCCCS(=O)(=O)[O-].[Na+].[Na+]. The Morgan fingerprint density at radius 1 is 0.889 bits per heavy atom. The molecular weight excluding hydrogens is 390 g/mol. The van der Waals surface area contributed by atoms with E-state index in [0.717, 1.165) is 44.9 Å². The van der Waals surface area contributed by atoms with Crippen LogP contribution in [0.3, 0.4) is 0 Å². The number of carbonyl (C=O) groups is 1. The Kier molecular flexibility index (Phi) is 26.4. The fourth-order valence-electron chi connectivity index (χ4n) is 2.56. The van der Waals surface area contributed by atoms with Crippen molar-refractivity contribution < 1.29 is 87.1 Å². The van der Waals surface area contributed by atoms with Gasteiger partial charge in [-0.15, -0.1) is 0 Å². The van der Waals surface area contributed by atoms with Crippen LogP contribution in [0.15, 0.2) is 12.2 Å². The van der Waals surface area contributed by atoms with E-state index in [9.17, 15) is 28.0 Å². The van der Waals surface area contributed by atoms with Gasteiger partial charge in [-0.2, -0.15) is 0 Å². The summed E-state index contributed by atoms with van der Waals surface area (Å²) in [5.74, 6) is -1.27. The van der Waals surface area contributed by atoms with Crippen molar-refractivity contribution >= 4 is 16.1 Å². The molecule has 0 amide bonds. The zero-order valence-corrected chi connectivity index (χ0v) is 21.8. The van der Waals surface area contributed by atoms with Crippen molar-refractivity contribution in [2.75, 3.05) is 5.75 Å². The molecule has 0 aliphatic carbocycles. The molecule has 0 saturated carbocycles. The second kappa shape index (κ2) is 21.8. The molecule has 0 aliphatic heterocycles. The number of rotatable bonds is 17. The van der Waals surface area contributed by atoms with Crippen LogP contribution in [-0.4, -0.2) is 35.9 Å². The fourth-order valence-corrected chi connectivity index (χ4v) is 3.12. The maximum atomic E-state index is 10.4. The zero-order chi connectivity index (χ0) is 19.0. The van der Waals surface area contributed by atoms with Crippen LogP contribution < -0.4 is 64.2 Å². The number of carboxylic acids is 1. The summed E-state index contributed by atoms with van der Waals surface area (Å²) in [5, 5.41) is 20.1. The zero-order valence-electron chi connectivity index (χ0n) is 17.0. The number of carboxylic acid groups (broad SMARTS) is 1. The van der Waals surface area contributed by atoms with Gasteiger partial charge in [-0.25, -0.2) is 8.42 Å². The summed E-state index contributed by atoms with van der Waals surface area (Å²) in [5.41, 5.74) is 0.